The van der Waals surface area contributed by atoms with Gasteiger partial charge < -0.3 is 16.4 Å². The molecule has 0 aromatic rings. The second-order valence-electron chi connectivity index (χ2n) is 4.40. The third-order valence-corrected chi connectivity index (χ3v) is 4.67. The van der Waals surface area contributed by atoms with E-state index in [4.69, 9.17) is 5.73 Å². The van der Waals surface area contributed by atoms with Crippen LogP contribution in [0.15, 0.2) is 0 Å². The molecule has 1 rings (SSSR count). The lowest BCUT2D eigenvalue weighted by Gasteiger charge is -2.22. The summed E-state index contributed by atoms with van der Waals surface area (Å²) in [5, 5.41) is 5.36. The summed E-state index contributed by atoms with van der Waals surface area (Å²) in [6, 6.07) is -0.249. The maximum absolute atomic E-state index is 11.4. The molecule has 17 heavy (non-hydrogen) atoms. The van der Waals surface area contributed by atoms with Crippen LogP contribution in [-0.2, 0) is 9.84 Å². The third-order valence-electron chi connectivity index (χ3n) is 2.78. The van der Waals surface area contributed by atoms with E-state index >= 15 is 0 Å². The largest absolute Gasteiger partial charge is 0.338 e. The number of hydrogen-bond donors (Lipinski definition) is 3. The Bertz CT molecular complexity index is 343. The molecule has 0 spiro atoms. The number of urea groups is 1. The molecule has 7 heteroatoms. The van der Waals surface area contributed by atoms with Gasteiger partial charge in [-0.3, -0.25) is 0 Å². The Kier molecular flexibility index (Phi) is 5.70. The van der Waals surface area contributed by atoms with E-state index in [1.807, 2.05) is 0 Å². The fraction of sp³-hybridized carbons (Fsp3) is 0.900. The first-order valence-corrected chi connectivity index (χ1v) is 7.78. The summed E-state index contributed by atoms with van der Waals surface area (Å²) in [6.07, 6.45) is 2.30. The van der Waals surface area contributed by atoms with E-state index in [9.17, 15) is 13.2 Å². The minimum absolute atomic E-state index is 0.0500. The van der Waals surface area contributed by atoms with Crippen molar-refractivity contribution in [3.8, 4) is 0 Å². The van der Waals surface area contributed by atoms with Crippen molar-refractivity contribution >= 4 is 15.9 Å². The van der Waals surface area contributed by atoms with Gasteiger partial charge in [0.15, 0.2) is 9.84 Å². The number of sulfone groups is 1. The highest BCUT2D eigenvalue weighted by molar-refractivity contribution is 7.91. The van der Waals surface area contributed by atoms with Crippen LogP contribution in [-0.4, -0.2) is 45.6 Å². The third kappa shape index (κ3) is 5.88. The standard InChI is InChI=1S/C10H21N3O3S/c11-4-2-5-12-10(14)13-7-9-3-1-6-17(15,16)8-9/h9H,1-8,11H2,(H2,12,13,14). The molecule has 100 valence electrons. The highest BCUT2D eigenvalue weighted by Gasteiger charge is 2.24. The van der Waals surface area contributed by atoms with Gasteiger partial charge in [0.1, 0.15) is 0 Å². The van der Waals surface area contributed by atoms with Crippen LogP contribution in [0.4, 0.5) is 4.79 Å². The Morgan fingerprint density at radius 2 is 2.12 bits per heavy atom. The van der Waals surface area contributed by atoms with Crippen molar-refractivity contribution in [3.05, 3.63) is 0 Å². The van der Waals surface area contributed by atoms with Gasteiger partial charge in [-0.2, -0.15) is 0 Å². The molecule has 4 N–H and O–H groups in total. The molecular weight excluding hydrogens is 242 g/mol. The zero-order chi connectivity index (χ0) is 12.7. The summed E-state index contributed by atoms with van der Waals surface area (Å²) in [5.74, 6) is 0.524. The fourth-order valence-corrected chi connectivity index (χ4v) is 3.66. The van der Waals surface area contributed by atoms with Gasteiger partial charge in [0.2, 0.25) is 0 Å². The van der Waals surface area contributed by atoms with Crippen molar-refractivity contribution in [3.63, 3.8) is 0 Å². The van der Waals surface area contributed by atoms with E-state index in [-0.39, 0.29) is 23.5 Å². The Hall–Kier alpha value is -0.820. The number of rotatable bonds is 5. The summed E-state index contributed by atoms with van der Waals surface area (Å²) in [6.45, 7) is 1.51. The monoisotopic (exact) mass is 263 g/mol. The molecule has 1 atom stereocenters. The van der Waals surface area contributed by atoms with Crippen LogP contribution >= 0.6 is 0 Å². The Morgan fingerprint density at radius 1 is 1.35 bits per heavy atom. The van der Waals surface area contributed by atoms with E-state index in [2.05, 4.69) is 10.6 Å². The van der Waals surface area contributed by atoms with E-state index in [1.54, 1.807) is 0 Å². The van der Waals surface area contributed by atoms with Crippen molar-refractivity contribution in [1.82, 2.24) is 10.6 Å². The summed E-state index contributed by atoms with van der Waals surface area (Å²) >= 11 is 0. The Morgan fingerprint density at radius 3 is 2.76 bits per heavy atom. The quantitative estimate of drug-likeness (QED) is 0.580. The van der Waals surface area contributed by atoms with Crippen LogP contribution in [0.5, 0.6) is 0 Å². The van der Waals surface area contributed by atoms with Crippen LogP contribution in [0.2, 0.25) is 0 Å². The average Bonchev–Trinajstić information content (AvgIpc) is 2.25. The Labute approximate surface area is 102 Å². The summed E-state index contributed by atoms with van der Waals surface area (Å²) in [4.78, 5) is 11.3. The maximum atomic E-state index is 11.4. The summed E-state index contributed by atoms with van der Waals surface area (Å²) in [5.41, 5.74) is 5.30. The number of carbonyl (C=O) groups excluding carboxylic acids is 1. The lowest BCUT2D eigenvalue weighted by Crippen LogP contribution is -2.41. The number of nitrogens with one attached hydrogen (secondary N) is 2. The van der Waals surface area contributed by atoms with Crippen molar-refractivity contribution in [1.29, 1.82) is 0 Å². The van der Waals surface area contributed by atoms with Crippen LogP contribution < -0.4 is 16.4 Å². The normalized spacial score (nSPS) is 23.0. The van der Waals surface area contributed by atoms with Crippen LogP contribution in [0.1, 0.15) is 19.3 Å². The van der Waals surface area contributed by atoms with E-state index in [0.717, 1.165) is 12.8 Å². The molecule has 0 bridgehead atoms. The Balaban J connectivity index is 2.19. The smallest absolute Gasteiger partial charge is 0.314 e. The number of carbonyl (C=O) groups is 1. The highest BCUT2D eigenvalue weighted by atomic mass is 32.2. The highest BCUT2D eigenvalue weighted by Crippen LogP contribution is 2.17. The van der Waals surface area contributed by atoms with Gasteiger partial charge in [-0.15, -0.1) is 0 Å². The van der Waals surface area contributed by atoms with E-state index in [1.165, 1.54) is 0 Å². The zero-order valence-electron chi connectivity index (χ0n) is 9.94. The number of hydrogen-bond acceptors (Lipinski definition) is 4. The predicted octanol–water partition coefficient (Wildman–Crippen LogP) is -0.541. The second kappa shape index (κ2) is 6.80. The maximum Gasteiger partial charge on any atom is 0.314 e. The van der Waals surface area contributed by atoms with Gasteiger partial charge in [0, 0.05) is 13.1 Å². The number of amides is 2. The molecule has 1 unspecified atom stereocenters. The van der Waals surface area contributed by atoms with E-state index in [0.29, 0.717) is 26.1 Å². The van der Waals surface area contributed by atoms with Crippen LogP contribution in [0.3, 0.4) is 0 Å². The number of nitrogens with two attached hydrogens (primary N) is 1. The van der Waals surface area contributed by atoms with Crippen molar-refractivity contribution in [2.24, 2.45) is 11.7 Å². The van der Waals surface area contributed by atoms with Crippen molar-refractivity contribution < 1.29 is 13.2 Å². The molecule has 1 saturated heterocycles. The SMILES string of the molecule is NCCCNC(=O)NCC1CCCS(=O)(=O)C1. The van der Waals surface area contributed by atoms with Gasteiger partial charge in [0.25, 0.3) is 0 Å². The topological polar surface area (TPSA) is 101 Å². The molecule has 0 aliphatic carbocycles. The van der Waals surface area contributed by atoms with E-state index < -0.39 is 9.84 Å². The molecule has 0 radical (unpaired) electrons. The molecule has 1 aliphatic rings. The van der Waals surface area contributed by atoms with Gasteiger partial charge in [-0.05, 0) is 31.7 Å². The van der Waals surface area contributed by atoms with Crippen molar-refractivity contribution in [2.75, 3.05) is 31.1 Å². The predicted molar refractivity (Wildman–Crippen MR) is 66.5 cm³/mol. The first-order chi connectivity index (χ1) is 8.03. The summed E-state index contributed by atoms with van der Waals surface area (Å²) in [7, 11) is -2.89. The minimum Gasteiger partial charge on any atom is -0.338 e. The first kappa shape index (κ1) is 14.2. The van der Waals surface area contributed by atoms with Gasteiger partial charge in [0.05, 0.1) is 11.5 Å². The zero-order valence-corrected chi connectivity index (χ0v) is 10.8. The van der Waals surface area contributed by atoms with Crippen molar-refractivity contribution in [2.45, 2.75) is 19.3 Å². The molecule has 1 aliphatic heterocycles. The van der Waals surface area contributed by atoms with Crippen LogP contribution in [0.25, 0.3) is 0 Å². The van der Waals surface area contributed by atoms with Gasteiger partial charge in [-0.1, -0.05) is 0 Å². The molecule has 6 nitrogen and oxygen atoms in total. The lowest BCUT2D eigenvalue weighted by molar-refractivity contribution is 0.238. The van der Waals surface area contributed by atoms with Crippen LogP contribution in [0, 0.1) is 5.92 Å². The molecule has 1 fully saturated rings. The molecular formula is C10H21N3O3S. The van der Waals surface area contributed by atoms with Gasteiger partial charge in [-0.25, -0.2) is 13.2 Å². The fourth-order valence-electron chi connectivity index (χ4n) is 1.88. The first-order valence-electron chi connectivity index (χ1n) is 5.95. The minimum atomic E-state index is -2.89. The lowest BCUT2D eigenvalue weighted by atomic mass is 10.1. The second-order valence-corrected chi connectivity index (χ2v) is 6.63. The molecule has 2 amide bonds. The molecule has 0 aromatic heterocycles. The molecule has 0 aromatic carbocycles. The summed E-state index contributed by atoms with van der Waals surface area (Å²) < 4.78 is 22.7. The molecule has 0 saturated carbocycles. The van der Waals surface area contributed by atoms with Gasteiger partial charge >= 0.3 is 6.03 Å². The molecule has 1 heterocycles. The average molecular weight is 263 g/mol.